The second-order valence-electron chi connectivity index (χ2n) is 33.2. The molecule has 746 valence electrons. The molecule has 30 nitrogen and oxygen atoms in total. The number of aliphatic carboxylic acids is 2. The van der Waals surface area contributed by atoms with Gasteiger partial charge in [-0.3, -0.25) is 34.5 Å². The Kier molecular flexibility index (Phi) is 65.0. The first-order valence-electron chi connectivity index (χ1n) is 43.9. The number of esters is 3. The van der Waals surface area contributed by atoms with E-state index in [1.54, 1.807) is 101 Å². The number of amides is 3. The summed E-state index contributed by atoms with van der Waals surface area (Å²) >= 11 is 12.5. The van der Waals surface area contributed by atoms with E-state index in [2.05, 4.69) is 112 Å². The quantitative estimate of drug-likeness (QED) is 0.0111. The van der Waals surface area contributed by atoms with E-state index in [-0.39, 0.29) is 157 Å². The van der Waals surface area contributed by atoms with E-state index >= 15 is 0 Å². The Morgan fingerprint density at radius 1 is 0.500 bits per heavy atom. The molecule has 2 saturated carbocycles. The number of nitrogens with two attached hydrogens (primary N) is 1. The molecule has 6 aliphatic carbocycles. The summed E-state index contributed by atoms with van der Waals surface area (Å²) in [7, 11) is 9.32. The molecule has 11 N–H and O–H groups in total. The van der Waals surface area contributed by atoms with Crippen LogP contribution in [0.1, 0.15) is 271 Å². The number of allylic oxidation sites excluding steroid dienone is 4. The summed E-state index contributed by atoms with van der Waals surface area (Å²) in [5.74, 6) is -1.73. The molecule has 0 radical (unpaired) electrons. The van der Waals surface area contributed by atoms with Crippen LogP contribution < -0.4 is 46.0 Å². The molecular formula is C92H138BBr2Cl2FeLiN14O16PdS4. The first kappa shape index (κ1) is 128. The Hall–Kier alpha value is -6.07. The maximum absolute atomic E-state index is 12.6. The molecule has 1 saturated heterocycles. The Morgan fingerprint density at radius 3 is 1.10 bits per heavy atom. The van der Waals surface area contributed by atoms with Gasteiger partial charge in [0.15, 0.2) is 7.83 Å². The smallest absolute Gasteiger partial charge is 0.870 e. The third-order valence-corrected chi connectivity index (χ3v) is 27.5. The molecule has 4 unspecified atom stereocenters. The molecule has 1 aliphatic heterocycles. The SMILES string of the molecule is C.CC(Cc1cnc(-c2cn[nH]c2)s1)C(=O)NC1=C(C(=O)O)CCCC1.CC(Cc1cnc(Br)s1)C(=O)O.CC1(C)OB(c2cn[nH]c2)OC1(C)C.CC1CCCC1.CC1CCCC1.CCOC(=O)C1=C(N)CCCC1.CCOC(=O)C1=C(NC(=O)C(C)Cc2cnc(-c3cn[nH]c3)s2)CCCC1.CCOC(=O)C1=C(NC(=O)C(C)Cc2cnc(Br)s2)CCCC1.[CH3-].[CH3-].[Cl][Pd][Cl].[Fe+2].[Li+].[OH-]. The van der Waals surface area contributed by atoms with Gasteiger partial charge in [-0.1, -0.05) is 100 Å². The molecule has 8 heterocycles. The summed E-state index contributed by atoms with van der Waals surface area (Å²) in [6.45, 7) is 26.6. The number of nitrogens with one attached hydrogen (secondary N) is 6. The first-order valence-corrected chi connectivity index (χ1v) is 52.7. The molecule has 42 heteroatoms. The van der Waals surface area contributed by atoms with Crippen molar-refractivity contribution >= 4 is 156 Å². The van der Waals surface area contributed by atoms with Crippen LogP contribution in [0.25, 0.3) is 21.1 Å². The largest absolute Gasteiger partial charge is 2.00 e. The monoisotopic (exact) mass is 2230 g/mol. The maximum Gasteiger partial charge on any atom is 2.00 e. The van der Waals surface area contributed by atoms with E-state index in [4.69, 9.17) is 53.4 Å². The van der Waals surface area contributed by atoms with E-state index in [1.165, 1.54) is 85.4 Å². The summed E-state index contributed by atoms with van der Waals surface area (Å²) in [4.78, 5) is 116. The zero-order valence-electron chi connectivity index (χ0n) is 79.4. The number of aromatic nitrogens is 10. The van der Waals surface area contributed by atoms with E-state index in [0.717, 1.165) is 154 Å². The zero-order chi connectivity index (χ0) is 93.9. The van der Waals surface area contributed by atoms with Crippen molar-refractivity contribution in [3.8, 4) is 21.1 Å². The number of thiazole rings is 4. The predicted octanol–water partition coefficient (Wildman–Crippen LogP) is 17.9. The molecule has 0 aromatic carbocycles. The summed E-state index contributed by atoms with van der Waals surface area (Å²) in [5.41, 5.74) is 12.9. The molecule has 3 amide bonds. The molecule has 14 rings (SSSR count). The van der Waals surface area contributed by atoms with Gasteiger partial charge >= 0.3 is 108 Å². The number of carboxylic acids is 2. The normalized spacial score (nSPS) is 16.6. The number of carbonyl (C=O) groups excluding carboxylic acids is 6. The summed E-state index contributed by atoms with van der Waals surface area (Å²) in [6, 6.07) is 0. The van der Waals surface area contributed by atoms with Gasteiger partial charge in [-0.15, -0.1) is 45.3 Å². The van der Waals surface area contributed by atoms with Crippen molar-refractivity contribution in [1.82, 2.24) is 66.5 Å². The molecular weight excluding hydrogens is 2100 g/mol. The summed E-state index contributed by atoms with van der Waals surface area (Å²) < 4.78 is 28.4. The van der Waals surface area contributed by atoms with Crippen molar-refractivity contribution in [1.29, 1.82) is 0 Å². The van der Waals surface area contributed by atoms with Gasteiger partial charge in [-0.2, -0.15) is 15.3 Å². The van der Waals surface area contributed by atoms with Crippen LogP contribution in [0.4, 0.5) is 0 Å². The molecule has 7 aliphatic rings. The molecule has 7 aromatic heterocycles. The number of carbonyl (C=O) groups is 8. The second-order valence-corrected chi connectivity index (χ2v) is 42.6. The van der Waals surface area contributed by atoms with Crippen LogP contribution in [0.3, 0.4) is 0 Å². The van der Waals surface area contributed by atoms with Crippen LogP contribution in [-0.4, -0.2) is 152 Å². The fraction of sp³-hybridized carbons (Fsp3) is 0.576. The van der Waals surface area contributed by atoms with Crippen molar-refractivity contribution in [3.05, 3.63) is 149 Å². The zero-order valence-corrected chi connectivity index (χ0v) is 90.0. The van der Waals surface area contributed by atoms with Crippen LogP contribution >= 0.6 is 96.3 Å². The molecule has 134 heavy (non-hydrogen) atoms. The van der Waals surface area contributed by atoms with Crippen molar-refractivity contribution in [2.45, 2.75) is 288 Å². The van der Waals surface area contributed by atoms with Crippen LogP contribution in [0.2, 0.25) is 0 Å². The minimum absolute atomic E-state index is 0. The van der Waals surface area contributed by atoms with Gasteiger partial charge < -0.3 is 75.7 Å². The predicted molar refractivity (Wildman–Crippen MR) is 529 cm³/mol. The van der Waals surface area contributed by atoms with Gasteiger partial charge in [0.2, 0.25) is 17.7 Å². The Balaban J connectivity index is 0.00000155. The number of aromatic amines is 3. The average molecular weight is 2240 g/mol. The second kappa shape index (κ2) is 68.1. The third kappa shape index (κ3) is 45.0. The van der Waals surface area contributed by atoms with Gasteiger partial charge in [0.1, 0.15) is 10.0 Å². The number of rotatable bonds is 25. The summed E-state index contributed by atoms with van der Waals surface area (Å²) in [5, 5.41) is 48.4. The fourth-order valence-corrected chi connectivity index (χ4v) is 19.2. The van der Waals surface area contributed by atoms with Gasteiger partial charge in [0.25, 0.3) is 0 Å². The number of H-pyrrole nitrogens is 3. The number of ether oxygens (including phenoxy) is 3. The van der Waals surface area contributed by atoms with Gasteiger partial charge in [0.05, 0.1) is 71.6 Å². The number of halogens is 4. The minimum Gasteiger partial charge on any atom is -0.870 e. The standard InChI is InChI=1S/C19H24N4O3S.C17H20N4O3S.C16H21BrN2O3S.C9H15BN2O2.C9H15NO2.C7H8BrNO2S.2C6H12.CH4.2CH3.2ClH.Fe.Li.H2O.Pd/c1-3-26-19(25)15-6-4-5-7-16(15)23-17(24)12(2)8-14-11-20-18(27-14)13-9-21-22-10-13;1-10(6-12-9-18-16(25-12)11-7-19-20-8-11)15(22)21-14-5-3-2-4-13(14)17(23)24;1-3-22-15(21)12-6-4-5-7-13(12)19-14(20)10(2)8-11-9-18-16(17)23-11;1-8(2)9(3,4)14-10(13-8)7-5-11-12-6-7;1-2-12-9(11)7-5-3-4-6-8(7)10;1-4(6(10)11)2-5-3-9-7(8)12-5;2*1-6-4-2-3-5-6;;;;;;;;;/h9-12H,3-8H2,1-2H3,(H,21,22)(H,23,24);7-10H,2-6H2,1H3,(H,19,20)(H,21,22)(H,23,24);9-10H,3-8H2,1-2H3,(H,19,20);5-6H,1-4H3,(H,11,12);2-6,10H2,1H3;3-4H,2H2,1H3,(H,10,11);2*6H,2-5H2,1H3;1H4;2*1H3;2*1H;;;1H2;/q;;;;;;;;;2*-1;;;+2;+1;;+2/p-3. The minimum atomic E-state index is -0.935. The molecule has 3 fully saturated rings. The number of hydrogen-bond donors (Lipinski definition) is 9. The van der Waals surface area contributed by atoms with E-state index in [1.807, 2.05) is 48.5 Å². The van der Waals surface area contributed by atoms with Gasteiger partial charge in [0, 0.05) is 126 Å². The van der Waals surface area contributed by atoms with Gasteiger partial charge in [-0.25, -0.2) is 39.1 Å². The number of nitrogens with zero attached hydrogens (tertiary/aromatic N) is 7. The van der Waals surface area contributed by atoms with E-state index < -0.39 is 11.9 Å². The van der Waals surface area contributed by atoms with E-state index in [0.29, 0.717) is 106 Å². The first-order chi connectivity index (χ1) is 61.1. The van der Waals surface area contributed by atoms with Crippen LogP contribution in [0.5, 0.6) is 0 Å². The van der Waals surface area contributed by atoms with Crippen molar-refractivity contribution in [3.63, 3.8) is 0 Å². The Bertz CT molecular complexity index is 4710. The van der Waals surface area contributed by atoms with Crippen LogP contribution in [0.15, 0.2) is 115 Å². The third-order valence-electron chi connectivity index (χ3n) is 22.3. The molecule has 7 aromatic rings. The molecule has 4 atom stereocenters. The van der Waals surface area contributed by atoms with Crippen molar-refractivity contribution < 1.29 is 129 Å². The number of carboxylic acid groups (broad SMARTS) is 2. The molecule has 0 spiro atoms. The summed E-state index contributed by atoms with van der Waals surface area (Å²) in [6.07, 6.45) is 45.1. The van der Waals surface area contributed by atoms with Crippen molar-refractivity contribution in [2.75, 3.05) is 19.8 Å². The Labute approximate surface area is 864 Å². The molecule has 0 bridgehead atoms. The number of hydrogen-bond acceptors (Lipinski definition) is 26. The Morgan fingerprint density at radius 2 is 0.806 bits per heavy atom. The van der Waals surface area contributed by atoms with E-state index in [9.17, 15) is 43.5 Å². The fourth-order valence-electron chi connectivity index (χ4n) is 14.2. The maximum atomic E-state index is 12.6. The van der Waals surface area contributed by atoms with Crippen molar-refractivity contribution in [2.24, 2.45) is 41.2 Å². The van der Waals surface area contributed by atoms with Crippen LogP contribution in [0, 0.1) is 50.4 Å². The topological polar surface area (TPSA) is 453 Å². The van der Waals surface area contributed by atoms with Crippen LogP contribution in [-0.2, 0) is 121 Å². The average Bonchev–Trinajstić information content (AvgIpc) is 1.63. The van der Waals surface area contributed by atoms with Gasteiger partial charge in [-0.05, 0) is 221 Å².